The summed E-state index contributed by atoms with van der Waals surface area (Å²) in [7, 11) is 1.52. The number of benzene rings is 1. The van der Waals surface area contributed by atoms with Crippen LogP contribution in [0.1, 0.15) is 28.0 Å². The number of ether oxygens (including phenoxy) is 1. The first-order valence-corrected chi connectivity index (χ1v) is 6.94. The Hall–Kier alpha value is -2.48. The summed E-state index contributed by atoms with van der Waals surface area (Å²) in [6.45, 7) is -0.0973. The third-order valence-electron chi connectivity index (χ3n) is 3.08. The number of carbonyl (C=O) groups is 1. The van der Waals surface area contributed by atoms with Crippen molar-refractivity contribution in [2.75, 3.05) is 18.5 Å². The van der Waals surface area contributed by atoms with E-state index in [0.29, 0.717) is 5.69 Å². The Balaban J connectivity index is 2.08. The number of rotatable bonds is 7. The van der Waals surface area contributed by atoms with E-state index in [9.17, 15) is 13.6 Å². The van der Waals surface area contributed by atoms with Gasteiger partial charge in [-0.3, -0.25) is 4.68 Å². The van der Waals surface area contributed by atoms with E-state index < -0.39 is 18.1 Å². The maximum absolute atomic E-state index is 12.8. The molecule has 2 N–H and O–H groups in total. The van der Waals surface area contributed by atoms with Gasteiger partial charge in [-0.25, -0.2) is 13.6 Å². The Bertz CT molecular complexity index is 674. The molecule has 8 heteroatoms. The largest absolute Gasteiger partial charge is 0.457 e. The number of esters is 1. The van der Waals surface area contributed by atoms with Gasteiger partial charge in [-0.05, 0) is 12.1 Å². The zero-order chi connectivity index (χ0) is 16.8. The molecule has 0 amide bonds. The minimum absolute atomic E-state index is 0.0865. The van der Waals surface area contributed by atoms with Crippen molar-refractivity contribution in [1.82, 2.24) is 9.78 Å². The summed E-state index contributed by atoms with van der Waals surface area (Å²) in [6, 6.07) is 6.61. The average molecular weight is 325 g/mol. The molecule has 2 rings (SSSR count). The molecule has 1 heterocycles. The van der Waals surface area contributed by atoms with Crippen LogP contribution in [0, 0.1) is 0 Å². The van der Waals surface area contributed by atoms with Gasteiger partial charge >= 0.3 is 5.97 Å². The standard InChI is InChI=1S/C15H17F2N3O3/c1-20-8-10(13(19-20)14(16)17)9-23-15(22)11-4-2-3-5-12(11)18-6-7-21/h2-5,8,14,18,21H,6-7,9H2,1H3. The lowest BCUT2D eigenvalue weighted by Gasteiger charge is -2.11. The van der Waals surface area contributed by atoms with E-state index >= 15 is 0 Å². The molecule has 0 aliphatic heterocycles. The van der Waals surface area contributed by atoms with Gasteiger partial charge in [0.15, 0.2) is 0 Å². The molecule has 0 aliphatic carbocycles. The van der Waals surface area contributed by atoms with Crippen LogP contribution < -0.4 is 5.32 Å². The molecule has 1 aromatic carbocycles. The molecule has 0 saturated heterocycles. The van der Waals surface area contributed by atoms with Crippen LogP contribution in [0.2, 0.25) is 0 Å². The lowest BCUT2D eigenvalue weighted by molar-refractivity contribution is 0.0466. The van der Waals surface area contributed by atoms with Gasteiger partial charge in [-0.15, -0.1) is 0 Å². The van der Waals surface area contributed by atoms with E-state index in [4.69, 9.17) is 9.84 Å². The van der Waals surface area contributed by atoms with Crippen molar-refractivity contribution in [3.8, 4) is 0 Å². The number of para-hydroxylation sites is 1. The van der Waals surface area contributed by atoms with E-state index in [1.54, 1.807) is 24.3 Å². The summed E-state index contributed by atoms with van der Waals surface area (Å²) in [5.74, 6) is -0.643. The molecule has 0 unspecified atom stereocenters. The molecular weight excluding hydrogens is 308 g/mol. The lowest BCUT2D eigenvalue weighted by atomic mass is 10.2. The first-order chi connectivity index (χ1) is 11.0. The number of nitrogens with one attached hydrogen (secondary N) is 1. The normalized spacial score (nSPS) is 10.8. The summed E-state index contributed by atoms with van der Waals surface area (Å²) in [6.07, 6.45) is -1.34. The summed E-state index contributed by atoms with van der Waals surface area (Å²) >= 11 is 0. The third kappa shape index (κ3) is 4.26. The summed E-state index contributed by atoms with van der Waals surface area (Å²) in [4.78, 5) is 12.2. The van der Waals surface area contributed by atoms with Crippen LogP contribution in [-0.4, -0.2) is 34.0 Å². The maximum Gasteiger partial charge on any atom is 0.340 e. The molecule has 1 aromatic heterocycles. The van der Waals surface area contributed by atoms with Crippen LogP contribution in [0.25, 0.3) is 0 Å². The predicted molar refractivity (Wildman–Crippen MR) is 79.3 cm³/mol. The second-order valence-electron chi connectivity index (χ2n) is 4.79. The molecule has 2 aromatic rings. The quantitative estimate of drug-likeness (QED) is 0.763. The number of aliphatic hydroxyl groups excluding tert-OH is 1. The molecule has 124 valence electrons. The van der Waals surface area contributed by atoms with Gasteiger partial charge in [-0.1, -0.05) is 12.1 Å². The fourth-order valence-electron chi connectivity index (χ4n) is 2.08. The first-order valence-electron chi connectivity index (χ1n) is 6.94. The van der Waals surface area contributed by atoms with Crippen LogP contribution >= 0.6 is 0 Å². The highest BCUT2D eigenvalue weighted by molar-refractivity contribution is 5.95. The number of aryl methyl sites for hydroxylation is 1. The van der Waals surface area contributed by atoms with Crippen LogP contribution in [0.5, 0.6) is 0 Å². The molecule has 0 radical (unpaired) electrons. The van der Waals surface area contributed by atoms with Crippen molar-refractivity contribution in [3.05, 3.63) is 47.3 Å². The molecule has 0 bridgehead atoms. The second kappa shape index (κ2) is 7.68. The third-order valence-corrected chi connectivity index (χ3v) is 3.08. The van der Waals surface area contributed by atoms with E-state index in [1.165, 1.54) is 17.9 Å². The molecule has 0 fully saturated rings. The Morgan fingerprint density at radius 1 is 1.43 bits per heavy atom. The number of anilines is 1. The summed E-state index contributed by atoms with van der Waals surface area (Å²) < 4.78 is 32.0. The van der Waals surface area contributed by atoms with Crippen molar-refractivity contribution in [3.63, 3.8) is 0 Å². The Morgan fingerprint density at radius 2 is 2.17 bits per heavy atom. The van der Waals surface area contributed by atoms with Crippen LogP contribution in [0.4, 0.5) is 14.5 Å². The van der Waals surface area contributed by atoms with E-state index in [0.717, 1.165) is 0 Å². The van der Waals surface area contributed by atoms with Gasteiger partial charge in [0.1, 0.15) is 12.3 Å². The van der Waals surface area contributed by atoms with Gasteiger partial charge in [0.05, 0.1) is 12.2 Å². The number of carbonyl (C=O) groups excluding carboxylic acids is 1. The SMILES string of the molecule is Cn1cc(COC(=O)c2ccccc2NCCO)c(C(F)F)n1. The lowest BCUT2D eigenvalue weighted by Crippen LogP contribution is -2.12. The predicted octanol–water partition coefficient (Wildman–Crippen LogP) is 2.12. The molecular formula is C15H17F2N3O3. The van der Waals surface area contributed by atoms with E-state index in [1.807, 2.05) is 0 Å². The monoisotopic (exact) mass is 325 g/mol. The maximum atomic E-state index is 12.8. The second-order valence-corrected chi connectivity index (χ2v) is 4.79. The number of hydrogen-bond donors (Lipinski definition) is 2. The smallest absolute Gasteiger partial charge is 0.340 e. The fraction of sp³-hybridized carbons (Fsp3) is 0.333. The Morgan fingerprint density at radius 3 is 2.87 bits per heavy atom. The summed E-state index contributed by atoms with van der Waals surface area (Å²) in [5.41, 5.74) is 0.541. The van der Waals surface area contributed by atoms with Gasteiger partial charge < -0.3 is 15.2 Å². The molecule has 0 saturated carbocycles. The van der Waals surface area contributed by atoms with E-state index in [-0.39, 0.29) is 30.9 Å². The van der Waals surface area contributed by atoms with Crippen molar-refractivity contribution < 1.29 is 23.4 Å². The fourth-order valence-corrected chi connectivity index (χ4v) is 2.08. The van der Waals surface area contributed by atoms with Crippen molar-refractivity contribution in [2.45, 2.75) is 13.0 Å². The summed E-state index contributed by atoms with van der Waals surface area (Å²) in [5, 5.41) is 15.4. The molecule has 0 atom stereocenters. The van der Waals surface area contributed by atoms with Gasteiger partial charge in [-0.2, -0.15) is 5.10 Å². The zero-order valence-electron chi connectivity index (χ0n) is 12.5. The Kier molecular flexibility index (Phi) is 5.64. The first kappa shape index (κ1) is 16.9. The van der Waals surface area contributed by atoms with Gasteiger partial charge in [0, 0.05) is 31.0 Å². The number of alkyl halides is 2. The number of nitrogens with zero attached hydrogens (tertiary/aromatic N) is 2. The van der Waals surface area contributed by atoms with Crippen LogP contribution in [0.15, 0.2) is 30.5 Å². The van der Waals surface area contributed by atoms with Crippen molar-refractivity contribution >= 4 is 11.7 Å². The molecule has 0 spiro atoms. The van der Waals surface area contributed by atoms with Crippen LogP contribution in [-0.2, 0) is 18.4 Å². The number of halogens is 2. The topological polar surface area (TPSA) is 76.4 Å². The average Bonchev–Trinajstić information content (AvgIpc) is 2.92. The minimum atomic E-state index is -2.73. The van der Waals surface area contributed by atoms with Crippen molar-refractivity contribution in [1.29, 1.82) is 0 Å². The highest BCUT2D eigenvalue weighted by Gasteiger charge is 2.19. The van der Waals surface area contributed by atoms with Gasteiger partial charge in [0.25, 0.3) is 6.43 Å². The number of aromatic nitrogens is 2. The van der Waals surface area contributed by atoms with Gasteiger partial charge in [0.2, 0.25) is 0 Å². The number of hydrogen-bond acceptors (Lipinski definition) is 5. The molecule has 0 aliphatic rings. The number of aliphatic hydroxyl groups is 1. The molecule has 6 nitrogen and oxygen atoms in total. The van der Waals surface area contributed by atoms with E-state index in [2.05, 4.69) is 10.4 Å². The van der Waals surface area contributed by atoms with Crippen molar-refractivity contribution in [2.24, 2.45) is 7.05 Å². The highest BCUT2D eigenvalue weighted by atomic mass is 19.3. The minimum Gasteiger partial charge on any atom is -0.457 e. The molecule has 23 heavy (non-hydrogen) atoms. The van der Waals surface area contributed by atoms with Crippen LogP contribution in [0.3, 0.4) is 0 Å². The zero-order valence-corrected chi connectivity index (χ0v) is 12.5. The highest BCUT2D eigenvalue weighted by Crippen LogP contribution is 2.22. The Labute approximate surface area is 131 Å².